The van der Waals surface area contributed by atoms with Crippen LogP contribution in [0.5, 0.6) is 0 Å². The molecule has 72 valence electrons. The summed E-state index contributed by atoms with van der Waals surface area (Å²) in [6, 6.07) is 1.62. The van der Waals surface area contributed by atoms with Crippen molar-refractivity contribution in [3.8, 4) is 11.4 Å². The molecule has 0 atom stereocenters. The molecular formula is C8H6Cl2N4. The number of aromatic nitrogens is 4. The van der Waals surface area contributed by atoms with Crippen LogP contribution in [0.25, 0.3) is 11.4 Å². The molecule has 2 rings (SSSR count). The van der Waals surface area contributed by atoms with Crippen LogP contribution < -0.4 is 0 Å². The van der Waals surface area contributed by atoms with E-state index in [-0.39, 0.29) is 5.28 Å². The first-order valence-electron chi connectivity index (χ1n) is 3.83. The molecular weight excluding hydrogens is 223 g/mol. The lowest BCUT2D eigenvalue weighted by atomic mass is 10.3. The van der Waals surface area contributed by atoms with E-state index in [2.05, 4.69) is 15.0 Å². The summed E-state index contributed by atoms with van der Waals surface area (Å²) in [5, 5.41) is 0.434. The SMILES string of the molecule is Cn1cnc(-c2cc(Cl)nc(Cl)n2)c1. The highest BCUT2D eigenvalue weighted by Gasteiger charge is 2.06. The summed E-state index contributed by atoms with van der Waals surface area (Å²) in [5.74, 6) is 0. The molecule has 0 aromatic carbocycles. The van der Waals surface area contributed by atoms with Gasteiger partial charge in [-0.05, 0) is 11.6 Å². The molecule has 2 aromatic rings. The van der Waals surface area contributed by atoms with Crippen LogP contribution in [0.4, 0.5) is 0 Å². The molecule has 0 amide bonds. The van der Waals surface area contributed by atoms with Crippen molar-refractivity contribution in [2.75, 3.05) is 0 Å². The topological polar surface area (TPSA) is 43.6 Å². The highest BCUT2D eigenvalue weighted by molar-refractivity contribution is 6.32. The zero-order valence-corrected chi connectivity index (χ0v) is 8.79. The lowest BCUT2D eigenvalue weighted by Crippen LogP contribution is -1.88. The second-order valence-corrected chi connectivity index (χ2v) is 3.49. The number of hydrogen-bond acceptors (Lipinski definition) is 3. The van der Waals surface area contributed by atoms with E-state index in [0.29, 0.717) is 10.8 Å². The molecule has 2 heterocycles. The second-order valence-electron chi connectivity index (χ2n) is 2.77. The maximum absolute atomic E-state index is 5.74. The molecule has 0 fully saturated rings. The number of aryl methyl sites for hydroxylation is 1. The van der Waals surface area contributed by atoms with Gasteiger partial charge in [-0.3, -0.25) is 0 Å². The van der Waals surface area contributed by atoms with Crippen molar-refractivity contribution in [3.63, 3.8) is 0 Å². The van der Waals surface area contributed by atoms with E-state index >= 15 is 0 Å². The minimum Gasteiger partial charge on any atom is -0.340 e. The summed E-state index contributed by atoms with van der Waals surface area (Å²) in [6.45, 7) is 0. The van der Waals surface area contributed by atoms with Gasteiger partial charge in [0.15, 0.2) is 0 Å². The van der Waals surface area contributed by atoms with Crippen LogP contribution in [0.3, 0.4) is 0 Å². The van der Waals surface area contributed by atoms with E-state index in [1.807, 2.05) is 17.8 Å². The Hall–Kier alpha value is -1.13. The van der Waals surface area contributed by atoms with E-state index in [1.54, 1.807) is 12.4 Å². The van der Waals surface area contributed by atoms with Crippen molar-refractivity contribution in [2.45, 2.75) is 0 Å². The lowest BCUT2D eigenvalue weighted by Gasteiger charge is -1.96. The first-order valence-corrected chi connectivity index (χ1v) is 4.59. The van der Waals surface area contributed by atoms with Gasteiger partial charge in [-0.2, -0.15) is 0 Å². The van der Waals surface area contributed by atoms with Crippen LogP contribution in [-0.4, -0.2) is 19.5 Å². The lowest BCUT2D eigenvalue weighted by molar-refractivity contribution is 0.913. The highest BCUT2D eigenvalue weighted by Crippen LogP contribution is 2.19. The maximum Gasteiger partial charge on any atom is 0.224 e. The molecule has 0 aliphatic rings. The second kappa shape index (κ2) is 3.55. The molecule has 0 aliphatic carbocycles. The Morgan fingerprint density at radius 3 is 2.57 bits per heavy atom. The number of nitrogens with zero attached hydrogens (tertiary/aromatic N) is 4. The molecule has 0 radical (unpaired) electrons. The van der Waals surface area contributed by atoms with Gasteiger partial charge in [0.2, 0.25) is 5.28 Å². The first-order chi connectivity index (χ1) is 6.65. The van der Waals surface area contributed by atoms with Crippen molar-refractivity contribution in [3.05, 3.63) is 29.0 Å². The van der Waals surface area contributed by atoms with Crippen molar-refractivity contribution in [1.82, 2.24) is 19.5 Å². The molecule has 0 bridgehead atoms. The monoisotopic (exact) mass is 228 g/mol. The quantitative estimate of drug-likeness (QED) is 0.556. The van der Waals surface area contributed by atoms with Gasteiger partial charge in [0.1, 0.15) is 10.8 Å². The molecule has 0 saturated carbocycles. The molecule has 14 heavy (non-hydrogen) atoms. The third kappa shape index (κ3) is 1.86. The molecule has 4 nitrogen and oxygen atoms in total. The normalized spacial score (nSPS) is 10.5. The standard InChI is InChI=1S/C8H6Cl2N4/c1-14-3-6(11-4-14)5-2-7(9)13-8(10)12-5/h2-4H,1H3. The average molecular weight is 229 g/mol. The molecule has 0 aliphatic heterocycles. The maximum atomic E-state index is 5.74. The van der Waals surface area contributed by atoms with Gasteiger partial charge < -0.3 is 4.57 Å². The minimum absolute atomic E-state index is 0.123. The van der Waals surface area contributed by atoms with Crippen molar-refractivity contribution in [1.29, 1.82) is 0 Å². The molecule has 6 heteroatoms. The van der Waals surface area contributed by atoms with Gasteiger partial charge in [-0.25, -0.2) is 15.0 Å². The molecule has 0 N–H and O–H groups in total. The molecule has 2 aromatic heterocycles. The van der Waals surface area contributed by atoms with Crippen LogP contribution in [0.1, 0.15) is 0 Å². The third-order valence-corrected chi connectivity index (χ3v) is 2.00. The summed E-state index contributed by atoms with van der Waals surface area (Å²) in [4.78, 5) is 11.9. The Kier molecular flexibility index (Phi) is 2.39. The summed E-state index contributed by atoms with van der Waals surface area (Å²) < 4.78 is 1.82. The fourth-order valence-corrected chi connectivity index (χ4v) is 1.47. The Bertz CT molecular complexity index is 446. The van der Waals surface area contributed by atoms with Gasteiger partial charge in [-0.15, -0.1) is 0 Å². The zero-order valence-electron chi connectivity index (χ0n) is 7.28. The van der Waals surface area contributed by atoms with Crippen LogP contribution in [-0.2, 0) is 7.05 Å². The van der Waals surface area contributed by atoms with Gasteiger partial charge in [0.25, 0.3) is 0 Å². The van der Waals surface area contributed by atoms with Crippen LogP contribution in [0, 0.1) is 0 Å². The fraction of sp³-hybridized carbons (Fsp3) is 0.125. The third-order valence-electron chi connectivity index (χ3n) is 1.63. The van der Waals surface area contributed by atoms with Crippen molar-refractivity contribution < 1.29 is 0 Å². The Morgan fingerprint density at radius 1 is 1.21 bits per heavy atom. The zero-order chi connectivity index (χ0) is 10.1. The summed E-state index contributed by atoms with van der Waals surface area (Å²) in [5.41, 5.74) is 1.34. The van der Waals surface area contributed by atoms with Crippen molar-refractivity contribution in [2.24, 2.45) is 7.05 Å². The summed E-state index contributed by atoms with van der Waals surface area (Å²) in [7, 11) is 1.88. The Labute approximate surface area is 90.5 Å². The van der Waals surface area contributed by atoms with E-state index in [0.717, 1.165) is 5.69 Å². The van der Waals surface area contributed by atoms with Crippen molar-refractivity contribution >= 4 is 23.2 Å². The number of rotatable bonds is 1. The number of hydrogen-bond donors (Lipinski definition) is 0. The largest absolute Gasteiger partial charge is 0.340 e. The highest BCUT2D eigenvalue weighted by atomic mass is 35.5. The fourth-order valence-electron chi connectivity index (χ4n) is 1.07. The number of halogens is 2. The Morgan fingerprint density at radius 2 is 2.00 bits per heavy atom. The minimum atomic E-state index is 0.123. The smallest absolute Gasteiger partial charge is 0.224 e. The van der Waals surface area contributed by atoms with E-state index < -0.39 is 0 Å². The average Bonchev–Trinajstić information content (AvgIpc) is 2.50. The van der Waals surface area contributed by atoms with E-state index in [9.17, 15) is 0 Å². The predicted octanol–water partition coefficient (Wildman–Crippen LogP) is 2.18. The van der Waals surface area contributed by atoms with Crippen LogP contribution in [0.2, 0.25) is 10.4 Å². The van der Waals surface area contributed by atoms with Crippen LogP contribution >= 0.6 is 23.2 Å². The van der Waals surface area contributed by atoms with E-state index in [4.69, 9.17) is 23.2 Å². The molecule has 0 unspecified atom stereocenters. The van der Waals surface area contributed by atoms with Gasteiger partial charge in [-0.1, -0.05) is 11.6 Å². The molecule has 0 spiro atoms. The number of imidazole rings is 1. The van der Waals surface area contributed by atoms with Gasteiger partial charge in [0.05, 0.1) is 12.0 Å². The van der Waals surface area contributed by atoms with Crippen LogP contribution in [0.15, 0.2) is 18.6 Å². The molecule has 0 saturated heterocycles. The Balaban J connectivity index is 2.51. The predicted molar refractivity (Wildman–Crippen MR) is 54.3 cm³/mol. The van der Waals surface area contributed by atoms with Gasteiger partial charge in [0, 0.05) is 19.3 Å². The summed E-state index contributed by atoms with van der Waals surface area (Å²) in [6.07, 6.45) is 3.51. The van der Waals surface area contributed by atoms with Gasteiger partial charge >= 0.3 is 0 Å². The van der Waals surface area contributed by atoms with E-state index in [1.165, 1.54) is 0 Å². The first kappa shape index (κ1) is 9.43. The summed E-state index contributed by atoms with van der Waals surface area (Å²) >= 11 is 11.4.